The first kappa shape index (κ1) is 19.4. The summed E-state index contributed by atoms with van der Waals surface area (Å²) in [5, 5.41) is 0. The second-order valence-electron chi connectivity index (χ2n) is 5.59. The van der Waals surface area contributed by atoms with Gasteiger partial charge in [-0.3, -0.25) is 0 Å². The van der Waals surface area contributed by atoms with Crippen molar-refractivity contribution in [3.8, 4) is 17.2 Å². The maximum absolute atomic E-state index is 12.0. The molecular weight excluding hydrogens is 330 g/mol. The lowest BCUT2D eigenvalue weighted by Gasteiger charge is -2.17. The first-order valence-electron chi connectivity index (χ1n) is 8.57. The zero-order valence-electron chi connectivity index (χ0n) is 15.7. The van der Waals surface area contributed by atoms with Gasteiger partial charge in [0.2, 0.25) is 0 Å². The molecule has 0 aliphatic rings. The SMILES string of the molecule is CCN(CC)C(=O)Oc1ccc(C=Cc2cc(OC)cc(OC)c2)cc1. The lowest BCUT2D eigenvalue weighted by Crippen LogP contribution is -2.33. The molecule has 5 heteroatoms. The summed E-state index contributed by atoms with van der Waals surface area (Å²) in [7, 11) is 3.25. The predicted octanol–water partition coefficient (Wildman–Crippen LogP) is 4.71. The number of nitrogens with zero attached hydrogens (tertiary/aromatic N) is 1. The molecule has 0 saturated heterocycles. The van der Waals surface area contributed by atoms with Crippen molar-refractivity contribution in [1.82, 2.24) is 4.90 Å². The van der Waals surface area contributed by atoms with Crippen LogP contribution in [-0.4, -0.2) is 38.3 Å². The Balaban J connectivity index is 2.07. The molecule has 26 heavy (non-hydrogen) atoms. The Kier molecular flexibility index (Phi) is 7.09. The molecule has 5 nitrogen and oxygen atoms in total. The molecule has 0 radical (unpaired) electrons. The highest BCUT2D eigenvalue weighted by molar-refractivity contribution is 5.73. The highest BCUT2D eigenvalue weighted by atomic mass is 16.6. The van der Waals surface area contributed by atoms with Crippen molar-refractivity contribution < 1.29 is 19.0 Å². The van der Waals surface area contributed by atoms with E-state index in [9.17, 15) is 4.79 Å². The average molecular weight is 355 g/mol. The van der Waals surface area contributed by atoms with E-state index in [1.165, 1.54) is 0 Å². The summed E-state index contributed by atoms with van der Waals surface area (Å²) in [5.41, 5.74) is 1.97. The fourth-order valence-corrected chi connectivity index (χ4v) is 2.41. The van der Waals surface area contributed by atoms with Crippen molar-refractivity contribution in [2.75, 3.05) is 27.3 Å². The minimum absolute atomic E-state index is 0.332. The molecular formula is C21H25NO4. The van der Waals surface area contributed by atoms with Gasteiger partial charge in [0, 0.05) is 19.2 Å². The van der Waals surface area contributed by atoms with Crippen LogP contribution >= 0.6 is 0 Å². The molecule has 1 amide bonds. The summed E-state index contributed by atoms with van der Waals surface area (Å²) >= 11 is 0. The lowest BCUT2D eigenvalue weighted by molar-refractivity contribution is 0.157. The molecule has 138 valence electrons. The first-order valence-corrected chi connectivity index (χ1v) is 8.57. The van der Waals surface area contributed by atoms with E-state index in [1.807, 2.05) is 56.3 Å². The summed E-state index contributed by atoms with van der Waals surface area (Å²) in [4.78, 5) is 13.6. The maximum Gasteiger partial charge on any atom is 0.415 e. The minimum atomic E-state index is -0.332. The van der Waals surface area contributed by atoms with E-state index in [-0.39, 0.29) is 6.09 Å². The third-order valence-electron chi connectivity index (χ3n) is 3.95. The van der Waals surface area contributed by atoms with Crippen molar-refractivity contribution >= 4 is 18.2 Å². The van der Waals surface area contributed by atoms with E-state index < -0.39 is 0 Å². The van der Waals surface area contributed by atoms with Crippen LogP contribution in [0.25, 0.3) is 12.2 Å². The van der Waals surface area contributed by atoms with Crippen LogP contribution in [0.2, 0.25) is 0 Å². The van der Waals surface area contributed by atoms with Gasteiger partial charge in [0.05, 0.1) is 14.2 Å². The Morgan fingerprint density at radius 2 is 1.38 bits per heavy atom. The van der Waals surface area contributed by atoms with Crippen LogP contribution in [0.15, 0.2) is 42.5 Å². The predicted molar refractivity (Wildman–Crippen MR) is 104 cm³/mol. The second-order valence-corrected chi connectivity index (χ2v) is 5.59. The number of ether oxygens (including phenoxy) is 3. The van der Waals surface area contributed by atoms with Crippen molar-refractivity contribution in [3.05, 3.63) is 53.6 Å². The minimum Gasteiger partial charge on any atom is -0.497 e. The number of rotatable bonds is 7. The maximum atomic E-state index is 12.0. The quantitative estimate of drug-likeness (QED) is 0.675. The van der Waals surface area contributed by atoms with Crippen molar-refractivity contribution in [1.29, 1.82) is 0 Å². The van der Waals surface area contributed by atoms with Crippen LogP contribution in [0.1, 0.15) is 25.0 Å². The van der Waals surface area contributed by atoms with Crippen LogP contribution in [0.5, 0.6) is 17.2 Å². The van der Waals surface area contributed by atoms with Gasteiger partial charge in [0.25, 0.3) is 0 Å². The molecule has 0 aliphatic carbocycles. The number of hydrogen-bond acceptors (Lipinski definition) is 4. The number of carbonyl (C=O) groups is 1. The molecule has 0 saturated carbocycles. The normalized spacial score (nSPS) is 10.6. The lowest BCUT2D eigenvalue weighted by atomic mass is 10.1. The molecule has 0 unspecified atom stereocenters. The van der Waals surface area contributed by atoms with Gasteiger partial charge in [0.1, 0.15) is 17.2 Å². The molecule has 2 aromatic carbocycles. The Morgan fingerprint density at radius 3 is 1.88 bits per heavy atom. The van der Waals surface area contributed by atoms with E-state index in [2.05, 4.69) is 0 Å². The molecule has 2 rings (SSSR count). The van der Waals surface area contributed by atoms with Crippen molar-refractivity contribution in [3.63, 3.8) is 0 Å². The third kappa shape index (κ3) is 5.28. The molecule has 2 aromatic rings. The highest BCUT2D eigenvalue weighted by Crippen LogP contribution is 2.24. The molecule has 0 N–H and O–H groups in total. The van der Waals surface area contributed by atoms with Crippen LogP contribution < -0.4 is 14.2 Å². The van der Waals surface area contributed by atoms with Crippen LogP contribution in [-0.2, 0) is 0 Å². The summed E-state index contributed by atoms with van der Waals surface area (Å²) in [6.45, 7) is 5.10. The van der Waals surface area contributed by atoms with E-state index in [0.717, 1.165) is 22.6 Å². The summed E-state index contributed by atoms with van der Waals surface area (Å²) in [6, 6.07) is 13.1. The van der Waals surface area contributed by atoms with Crippen LogP contribution in [0.3, 0.4) is 0 Å². The Bertz CT molecular complexity index is 727. The van der Waals surface area contributed by atoms with Gasteiger partial charge in [-0.05, 0) is 49.2 Å². The second kappa shape index (κ2) is 9.51. The summed E-state index contributed by atoms with van der Waals surface area (Å²) in [5.74, 6) is 2.01. The Morgan fingerprint density at radius 1 is 0.846 bits per heavy atom. The fourth-order valence-electron chi connectivity index (χ4n) is 2.41. The van der Waals surface area contributed by atoms with E-state index in [1.54, 1.807) is 31.3 Å². The van der Waals surface area contributed by atoms with Gasteiger partial charge in [0.15, 0.2) is 0 Å². The molecule has 0 spiro atoms. The monoisotopic (exact) mass is 355 g/mol. The fraction of sp³-hybridized carbons (Fsp3) is 0.286. The number of amides is 1. The van der Waals surface area contributed by atoms with Crippen LogP contribution in [0, 0.1) is 0 Å². The van der Waals surface area contributed by atoms with Crippen molar-refractivity contribution in [2.45, 2.75) is 13.8 Å². The topological polar surface area (TPSA) is 48.0 Å². The smallest absolute Gasteiger partial charge is 0.415 e. The van der Waals surface area contributed by atoms with Crippen LogP contribution in [0.4, 0.5) is 4.79 Å². The number of carbonyl (C=O) groups excluding carboxylic acids is 1. The van der Waals surface area contributed by atoms with Gasteiger partial charge in [-0.15, -0.1) is 0 Å². The molecule has 0 fully saturated rings. The number of hydrogen-bond donors (Lipinski definition) is 0. The van der Waals surface area contributed by atoms with Gasteiger partial charge in [-0.25, -0.2) is 4.79 Å². The average Bonchev–Trinajstić information content (AvgIpc) is 2.68. The molecule has 0 aliphatic heterocycles. The number of benzene rings is 2. The third-order valence-corrected chi connectivity index (χ3v) is 3.95. The summed E-state index contributed by atoms with van der Waals surface area (Å²) < 4.78 is 15.9. The molecule has 0 atom stereocenters. The summed E-state index contributed by atoms with van der Waals surface area (Å²) in [6.07, 6.45) is 3.62. The molecule has 0 bridgehead atoms. The number of methoxy groups -OCH3 is 2. The van der Waals surface area contributed by atoms with Gasteiger partial charge in [-0.2, -0.15) is 0 Å². The first-order chi connectivity index (χ1) is 12.6. The largest absolute Gasteiger partial charge is 0.497 e. The Labute approximate surface area is 154 Å². The van der Waals surface area contributed by atoms with E-state index >= 15 is 0 Å². The zero-order valence-corrected chi connectivity index (χ0v) is 15.7. The molecule has 0 aromatic heterocycles. The standard InChI is InChI=1S/C21H25NO4/c1-5-22(6-2)21(23)26-18-11-9-16(10-12-18)7-8-17-13-19(24-3)15-20(14-17)25-4/h7-15H,5-6H2,1-4H3. The van der Waals surface area contributed by atoms with Crippen molar-refractivity contribution in [2.24, 2.45) is 0 Å². The van der Waals surface area contributed by atoms with Gasteiger partial charge >= 0.3 is 6.09 Å². The van der Waals surface area contributed by atoms with E-state index in [4.69, 9.17) is 14.2 Å². The highest BCUT2D eigenvalue weighted by Gasteiger charge is 2.11. The van der Waals surface area contributed by atoms with Gasteiger partial charge < -0.3 is 19.1 Å². The van der Waals surface area contributed by atoms with Gasteiger partial charge in [-0.1, -0.05) is 24.3 Å². The molecule has 0 heterocycles. The Hall–Kier alpha value is -2.95. The van der Waals surface area contributed by atoms with E-state index in [0.29, 0.717) is 18.8 Å². The zero-order chi connectivity index (χ0) is 18.9.